The summed E-state index contributed by atoms with van der Waals surface area (Å²) in [5.41, 5.74) is 1.75. The Hall–Kier alpha value is -0.830. The van der Waals surface area contributed by atoms with Crippen molar-refractivity contribution in [2.24, 2.45) is 0 Å². The van der Waals surface area contributed by atoms with Crippen LogP contribution in [0.2, 0.25) is 0 Å². The van der Waals surface area contributed by atoms with Crippen LogP contribution in [0.4, 0.5) is 0 Å². The molecular formula is C13H18BrNO. The molecule has 88 valence electrons. The zero-order valence-electron chi connectivity index (χ0n) is 9.85. The summed E-state index contributed by atoms with van der Waals surface area (Å²) < 4.78 is 0.980. The SMILES string of the molecule is CCCCCNC(=O)c1cccc(Br)c1C. The smallest absolute Gasteiger partial charge is 0.251 e. The van der Waals surface area contributed by atoms with E-state index in [-0.39, 0.29) is 5.91 Å². The molecule has 0 aliphatic carbocycles. The summed E-state index contributed by atoms with van der Waals surface area (Å²) in [6.07, 6.45) is 3.39. The zero-order valence-corrected chi connectivity index (χ0v) is 11.4. The molecule has 0 spiro atoms. The van der Waals surface area contributed by atoms with E-state index in [0.717, 1.165) is 35.0 Å². The summed E-state index contributed by atoms with van der Waals surface area (Å²) in [5, 5.41) is 2.94. The fourth-order valence-electron chi connectivity index (χ4n) is 1.53. The van der Waals surface area contributed by atoms with Crippen LogP contribution in [0.1, 0.15) is 42.1 Å². The summed E-state index contributed by atoms with van der Waals surface area (Å²) in [6.45, 7) is 4.87. The first-order valence-corrected chi connectivity index (χ1v) is 6.49. The lowest BCUT2D eigenvalue weighted by atomic mass is 10.1. The quantitative estimate of drug-likeness (QED) is 0.821. The highest BCUT2D eigenvalue weighted by molar-refractivity contribution is 9.10. The van der Waals surface area contributed by atoms with E-state index in [4.69, 9.17) is 0 Å². The second-order valence-corrected chi connectivity index (χ2v) is 4.73. The van der Waals surface area contributed by atoms with Crippen LogP contribution in [0.25, 0.3) is 0 Å². The Bertz CT molecular complexity index is 363. The summed E-state index contributed by atoms with van der Waals surface area (Å²) in [4.78, 5) is 11.8. The van der Waals surface area contributed by atoms with E-state index >= 15 is 0 Å². The molecule has 0 aliphatic heterocycles. The summed E-state index contributed by atoms with van der Waals surface area (Å²) >= 11 is 3.43. The van der Waals surface area contributed by atoms with Crippen LogP contribution in [0.15, 0.2) is 22.7 Å². The Morgan fingerprint density at radius 1 is 1.38 bits per heavy atom. The molecule has 0 fully saturated rings. The Morgan fingerprint density at radius 3 is 2.81 bits per heavy atom. The van der Waals surface area contributed by atoms with Gasteiger partial charge in [-0.1, -0.05) is 41.8 Å². The largest absolute Gasteiger partial charge is 0.352 e. The van der Waals surface area contributed by atoms with Gasteiger partial charge < -0.3 is 5.32 Å². The van der Waals surface area contributed by atoms with Crippen LogP contribution in [0, 0.1) is 6.92 Å². The normalized spacial score (nSPS) is 10.2. The number of carbonyl (C=O) groups is 1. The van der Waals surface area contributed by atoms with Crippen LogP contribution in [-0.4, -0.2) is 12.5 Å². The first-order valence-electron chi connectivity index (χ1n) is 5.70. The first-order chi connectivity index (χ1) is 7.66. The van der Waals surface area contributed by atoms with Crippen molar-refractivity contribution in [3.63, 3.8) is 0 Å². The fourth-order valence-corrected chi connectivity index (χ4v) is 1.89. The minimum atomic E-state index is 0.0231. The van der Waals surface area contributed by atoms with Crippen molar-refractivity contribution in [2.45, 2.75) is 33.1 Å². The Labute approximate surface area is 106 Å². The van der Waals surface area contributed by atoms with E-state index in [1.807, 2.05) is 25.1 Å². The maximum absolute atomic E-state index is 11.8. The topological polar surface area (TPSA) is 29.1 Å². The standard InChI is InChI=1S/C13H18BrNO/c1-3-4-5-9-15-13(16)11-7-6-8-12(14)10(11)2/h6-8H,3-5,9H2,1-2H3,(H,15,16). The monoisotopic (exact) mass is 283 g/mol. The molecule has 16 heavy (non-hydrogen) atoms. The van der Waals surface area contributed by atoms with E-state index in [1.54, 1.807) is 0 Å². The predicted molar refractivity (Wildman–Crippen MR) is 70.7 cm³/mol. The van der Waals surface area contributed by atoms with Crippen molar-refractivity contribution in [1.82, 2.24) is 5.32 Å². The molecule has 0 unspecified atom stereocenters. The molecule has 1 N–H and O–H groups in total. The lowest BCUT2D eigenvalue weighted by molar-refractivity contribution is 0.0952. The highest BCUT2D eigenvalue weighted by atomic mass is 79.9. The predicted octanol–water partition coefficient (Wildman–Crippen LogP) is 3.68. The number of nitrogens with one attached hydrogen (secondary N) is 1. The van der Waals surface area contributed by atoms with Gasteiger partial charge in [0.1, 0.15) is 0 Å². The van der Waals surface area contributed by atoms with Gasteiger partial charge in [-0.25, -0.2) is 0 Å². The number of halogens is 1. The van der Waals surface area contributed by atoms with Crippen LogP contribution < -0.4 is 5.32 Å². The molecular weight excluding hydrogens is 266 g/mol. The zero-order chi connectivity index (χ0) is 12.0. The average molecular weight is 284 g/mol. The molecule has 0 radical (unpaired) electrons. The van der Waals surface area contributed by atoms with Crippen molar-refractivity contribution in [2.75, 3.05) is 6.54 Å². The summed E-state index contributed by atoms with van der Waals surface area (Å²) in [6, 6.07) is 5.69. The van der Waals surface area contributed by atoms with Gasteiger partial charge in [-0.2, -0.15) is 0 Å². The van der Waals surface area contributed by atoms with Gasteiger partial charge in [-0.15, -0.1) is 0 Å². The number of unbranched alkanes of at least 4 members (excludes halogenated alkanes) is 2. The van der Waals surface area contributed by atoms with Gasteiger partial charge in [0.2, 0.25) is 0 Å². The van der Waals surface area contributed by atoms with Crippen molar-refractivity contribution < 1.29 is 4.79 Å². The molecule has 3 heteroatoms. The van der Waals surface area contributed by atoms with E-state index in [2.05, 4.69) is 28.2 Å². The second kappa shape index (κ2) is 6.69. The van der Waals surface area contributed by atoms with E-state index in [0.29, 0.717) is 0 Å². The molecule has 1 amide bonds. The third-order valence-electron chi connectivity index (χ3n) is 2.58. The molecule has 0 aliphatic rings. The number of amides is 1. The van der Waals surface area contributed by atoms with Crippen molar-refractivity contribution in [3.05, 3.63) is 33.8 Å². The van der Waals surface area contributed by atoms with Gasteiger partial charge in [-0.3, -0.25) is 4.79 Å². The van der Waals surface area contributed by atoms with Gasteiger partial charge in [0.15, 0.2) is 0 Å². The maximum Gasteiger partial charge on any atom is 0.251 e. The highest BCUT2D eigenvalue weighted by Gasteiger charge is 2.09. The van der Waals surface area contributed by atoms with Crippen LogP contribution in [0.3, 0.4) is 0 Å². The van der Waals surface area contributed by atoms with Gasteiger partial charge in [-0.05, 0) is 31.0 Å². The molecule has 0 atom stereocenters. The molecule has 2 nitrogen and oxygen atoms in total. The van der Waals surface area contributed by atoms with Crippen LogP contribution in [-0.2, 0) is 0 Å². The first kappa shape index (κ1) is 13.2. The number of carbonyl (C=O) groups excluding carboxylic acids is 1. The van der Waals surface area contributed by atoms with E-state index < -0.39 is 0 Å². The van der Waals surface area contributed by atoms with Crippen LogP contribution >= 0.6 is 15.9 Å². The molecule has 1 rings (SSSR count). The van der Waals surface area contributed by atoms with Crippen molar-refractivity contribution >= 4 is 21.8 Å². The van der Waals surface area contributed by atoms with Gasteiger partial charge in [0.25, 0.3) is 5.91 Å². The van der Waals surface area contributed by atoms with Crippen molar-refractivity contribution in [3.8, 4) is 0 Å². The number of benzene rings is 1. The molecule has 0 saturated carbocycles. The molecule has 0 saturated heterocycles. The van der Waals surface area contributed by atoms with Crippen molar-refractivity contribution in [1.29, 1.82) is 0 Å². The van der Waals surface area contributed by atoms with Gasteiger partial charge >= 0.3 is 0 Å². The molecule has 0 bridgehead atoms. The molecule has 1 aromatic rings. The highest BCUT2D eigenvalue weighted by Crippen LogP contribution is 2.19. The molecule has 1 aromatic carbocycles. The lowest BCUT2D eigenvalue weighted by Crippen LogP contribution is -2.25. The van der Waals surface area contributed by atoms with E-state index in [1.165, 1.54) is 6.42 Å². The van der Waals surface area contributed by atoms with Crippen LogP contribution in [0.5, 0.6) is 0 Å². The minimum absolute atomic E-state index is 0.0231. The Kier molecular flexibility index (Phi) is 5.53. The number of rotatable bonds is 5. The average Bonchev–Trinajstić information content (AvgIpc) is 2.28. The number of hydrogen-bond acceptors (Lipinski definition) is 1. The Balaban J connectivity index is 2.56. The second-order valence-electron chi connectivity index (χ2n) is 3.88. The van der Waals surface area contributed by atoms with Gasteiger partial charge in [0, 0.05) is 16.6 Å². The third-order valence-corrected chi connectivity index (χ3v) is 3.44. The Morgan fingerprint density at radius 2 is 2.12 bits per heavy atom. The lowest BCUT2D eigenvalue weighted by Gasteiger charge is -2.08. The molecule has 0 aromatic heterocycles. The fraction of sp³-hybridized carbons (Fsp3) is 0.462. The van der Waals surface area contributed by atoms with E-state index in [9.17, 15) is 4.79 Å². The molecule has 0 heterocycles. The summed E-state index contributed by atoms with van der Waals surface area (Å²) in [5.74, 6) is 0.0231. The maximum atomic E-state index is 11.8. The third kappa shape index (κ3) is 3.63. The minimum Gasteiger partial charge on any atom is -0.352 e. The summed E-state index contributed by atoms with van der Waals surface area (Å²) in [7, 11) is 0. The van der Waals surface area contributed by atoms with Gasteiger partial charge in [0.05, 0.1) is 0 Å². The number of hydrogen-bond donors (Lipinski definition) is 1.